The summed E-state index contributed by atoms with van der Waals surface area (Å²) in [4.78, 5) is 26.9. The van der Waals surface area contributed by atoms with Crippen LogP contribution in [0.2, 0.25) is 0 Å². The van der Waals surface area contributed by atoms with E-state index in [9.17, 15) is 22.8 Å². The fourth-order valence-electron chi connectivity index (χ4n) is 1.92. The molecule has 1 aliphatic heterocycles. The van der Waals surface area contributed by atoms with Crippen molar-refractivity contribution in [1.82, 2.24) is 10.4 Å². The maximum absolute atomic E-state index is 12.2. The van der Waals surface area contributed by atoms with E-state index in [0.29, 0.717) is 19.4 Å². The van der Waals surface area contributed by atoms with E-state index in [4.69, 9.17) is 0 Å². The number of rotatable bonds is 3. The Morgan fingerprint density at radius 3 is 2.58 bits per heavy atom. The molecule has 0 spiro atoms. The number of nitrogens with one attached hydrogen (secondary N) is 1. The Balaban J connectivity index is 2.72. The molecule has 0 radical (unpaired) electrons. The molecule has 1 saturated heterocycles. The van der Waals surface area contributed by atoms with Gasteiger partial charge in [-0.3, -0.25) is 4.79 Å². The predicted molar refractivity (Wildman–Crippen MR) is 59.7 cm³/mol. The molecule has 19 heavy (non-hydrogen) atoms. The number of likely N-dealkylation sites (N-methyl/N-ethyl adjacent to an activating group) is 1. The van der Waals surface area contributed by atoms with Crippen molar-refractivity contribution in [3.63, 3.8) is 0 Å². The number of carbonyl (C=O) groups excluding carboxylic acids is 2. The molecule has 0 bridgehead atoms. The summed E-state index contributed by atoms with van der Waals surface area (Å²) in [5.41, 5.74) is 0. The highest BCUT2D eigenvalue weighted by Gasteiger charge is 2.45. The lowest BCUT2D eigenvalue weighted by Crippen LogP contribution is -2.52. The van der Waals surface area contributed by atoms with Crippen LogP contribution in [-0.2, 0) is 14.4 Å². The first-order chi connectivity index (χ1) is 8.75. The van der Waals surface area contributed by atoms with Gasteiger partial charge in [-0.05, 0) is 25.7 Å². The molecule has 1 fully saturated rings. The number of hydrogen-bond donors (Lipinski definition) is 1. The number of carbonyl (C=O) groups is 2. The van der Waals surface area contributed by atoms with Crippen LogP contribution in [0.3, 0.4) is 0 Å². The first-order valence-electron chi connectivity index (χ1n) is 6.09. The molecule has 110 valence electrons. The van der Waals surface area contributed by atoms with Crippen molar-refractivity contribution < 1.29 is 27.6 Å². The number of amides is 1. The second-order valence-corrected chi connectivity index (χ2v) is 4.56. The van der Waals surface area contributed by atoms with Gasteiger partial charge in [-0.1, -0.05) is 6.92 Å². The van der Waals surface area contributed by atoms with Gasteiger partial charge in [0, 0.05) is 13.1 Å². The van der Waals surface area contributed by atoms with Crippen LogP contribution in [0.15, 0.2) is 0 Å². The van der Waals surface area contributed by atoms with Crippen molar-refractivity contribution in [2.45, 2.75) is 38.9 Å². The summed E-state index contributed by atoms with van der Waals surface area (Å²) in [5.74, 6) is -2.53. The van der Waals surface area contributed by atoms with Gasteiger partial charge in [0.1, 0.15) is 6.04 Å². The average Bonchev–Trinajstić information content (AvgIpc) is 2.30. The zero-order chi connectivity index (χ0) is 14.6. The number of hydrogen-bond acceptors (Lipinski definition) is 4. The Morgan fingerprint density at radius 1 is 1.42 bits per heavy atom. The number of hydroxylamine groups is 2. The third-order valence-electron chi connectivity index (χ3n) is 2.90. The van der Waals surface area contributed by atoms with Crippen molar-refractivity contribution >= 4 is 11.9 Å². The van der Waals surface area contributed by atoms with Gasteiger partial charge >= 0.3 is 12.1 Å². The van der Waals surface area contributed by atoms with Crippen LogP contribution in [-0.4, -0.2) is 42.2 Å². The Labute approximate surface area is 109 Å². The van der Waals surface area contributed by atoms with Crippen molar-refractivity contribution in [3.05, 3.63) is 0 Å². The van der Waals surface area contributed by atoms with E-state index in [1.807, 2.05) is 6.92 Å². The quantitative estimate of drug-likeness (QED) is 0.846. The van der Waals surface area contributed by atoms with Gasteiger partial charge < -0.3 is 10.2 Å². The number of alkyl halides is 3. The van der Waals surface area contributed by atoms with E-state index >= 15 is 0 Å². The smallest absolute Gasteiger partial charge is 0.360 e. The van der Waals surface area contributed by atoms with Gasteiger partial charge in [-0.2, -0.15) is 13.2 Å². The summed E-state index contributed by atoms with van der Waals surface area (Å²) >= 11 is 0. The number of halogens is 3. The zero-order valence-corrected chi connectivity index (χ0v) is 10.8. The largest absolute Gasteiger partial charge is 0.492 e. The maximum Gasteiger partial charge on any atom is 0.492 e. The summed E-state index contributed by atoms with van der Waals surface area (Å²) in [6.45, 7) is 4.08. The molecule has 0 aromatic rings. The first-order valence-corrected chi connectivity index (χ1v) is 6.09. The van der Waals surface area contributed by atoms with E-state index in [1.54, 1.807) is 6.92 Å². The van der Waals surface area contributed by atoms with Crippen LogP contribution in [0.25, 0.3) is 0 Å². The Morgan fingerprint density at radius 2 is 2.05 bits per heavy atom. The molecular weight excluding hydrogens is 265 g/mol. The van der Waals surface area contributed by atoms with E-state index in [0.717, 1.165) is 5.06 Å². The van der Waals surface area contributed by atoms with Gasteiger partial charge in [0.2, 0.25) is 5.91 Å². The van der Waals surface area contributed by atoms with Crippen LogP contribution >= 0.6 is 0 Å². The van der Waals surface area contributed by atoms with Gasteiger partial charge in [0.05, 0.1) is 0 Å². The summed E-state index contributed by atoms with van der Waals surface area (Å²) in [6, 6.07) is -0.866. The van der Waals surface area contributed by atoms with E-state index in [2.05, 4.69) is 10.2 Å². The second-order valence-electron chi connectivity index (χ2n) is 4.56. The number of piperidine rings is 1. The minimum atomic E-state index is -5.06. The lowest BCUT2D eigenvalue weighted by Gasteiger charge is -2.35. The molecule has 1 unspecified atom stereocenters. The molecular formula is C11H17F3N2O3. The van der Waals surface area contributed by atoms with Gasteiger partial charge in [-0.25, -0.2) is 4.79 Å². The highest BCUT2D eigenvalue weighted by Crippen LogP contribution is 2.25. The third kappa shape index (κ3) is 4.38. The molecule has 1 heterocycles. The normalized spacial score (nSPS) is 24.9. The summed E-state index contributed by atoms with van der Waals surface area (Å²) in [7, 11) is 0. The lowest BCUT2D eigenvalue weighted by atomic mass is 9.93. The lowest BCUT2D eigenvalue weighted by molar-refractivity contribution is -0.250. The molecule has 1 N–H and O–H groups in total. The summed E-state index contributed by atoms with van der Waals surface area (Å²) in [5, 5.41) is 3.36. The Kier molecular flexibility index (Phi) is 5.16. The molecule has 0 saturated carbocycles. The maximum atomic E-state index is 12.2. The Hall–Kier alpha value is -1.31. The topological polar surface area (TPSA) is 58.6 Å². The van der Waals surface area contributed by atoms with E-state index in [-0.39, 0.29) is 12.5 Å². The molecule has 0 aromatic carbocycles. The molecule has 1 rings (SSSR count). The van der Waals surface area contributed by atoms with Crippen LogP contribution in [0.5, 0.6) is 0 Å². The molecule has 1 aliphatic rings. The van der Waals surface area contributed by atoms with Crippen molar-refractivity contribution in [2.24, 2.45) is 5.92 Å². The fourth-order valence-corrected chi connectivity index (χ4v) is 1.92. The van der Waals surface area contributed by atoms with Gasteiger partial charge in [0.25, 0.3) is 0 Å². The molecule has 1 amide bonds. The van der Waals surface area contributed by atoms with Crippen molar-refractivity contribution in [3.8, 4) is 0 Å². The molecule has 0 aliphatic carbocycles. The van der Waals surface area contributed by atoms with Crippen molar-refractivity contribution in [2.75, 3.05) is 13.1 Å². The van der Waals surface area contributed by atoms with Crippen LogP contribution in [0, 0.1) is 5.92 Å². The summed E-state index contributed by atoms with van der Waals surface area (Å²) in [6.07, 6.45) is -4.13. The standard InChI is InChI=1S/C11H17F3N2O3/c1-3-15-9(17)8-6-7(2)4-5-16(8)19-10(18)11(12,13)14/h7-8H,3-6H2,1-2H3,(H,15,17)/t7?,8-/m1/s1. The predicted octanol–water partition coefficient (Wildman–Crippen LogP) is 1.24. The van der Waals surface area contributed by atoms with E-state index in [1.165, 1.54) is 0 Å². The monoisotopic (exact) mass is 282 g/mol. The minimum absolute atomic E-state index is 0.116. The minimum Gasteiger partial charge on any atom is -0.360 e. The van der Waals surface area contributed by atoms with Gasteiger partial charge in [0.15, 0.2) is 0 Å². The van der Waals surface area contributed by atoms with E-state index < -0.39 is 24.1 Å². The highest BCUT2D eigenvalue weighted by molar-refractivity contribution is 5.82. The molecule has 0 aromatic heterocycles. The molecule has 5 nitrogen and oxygen atoms in total. The van der Waals surface area contributed by atoms with Crippen molar-refractivity contribution in [1.29, 1.82) is 0 Å². The second kappa shape index (κ2) is 6.23. The zero-order valence-electron chi connectivity index (χ0n) is 10.8. The fraction of sp³-hybridized carbons (Fsp3) is 0.818. The first kappa shape index (κ1) is 15.7. The van der Waals surface area contributed by atoms with Crippen LogP contribution in [0.1, 0.15) is 26.7 Å². The van der Waals surface area contributed by atoms with Crippen LogP contribution in [0.4, 0.5) is 13.2 Å². The highest BCUT2D eigenvalue weighted by atomic mass is 19.4. The molecule has 2 atom stereocenters. The Bertz CT molecular complexity index is 347. The third-order valence-corrected chi connectivity index (χ3v) is 2.90. The van der Waals surface area contributed by atoms with Crippen LogP contribution < -0.4 is 5.32 Å². The molecule has 8 heteroatoms. The summed E-state index contributed by atoms with van der Waals surface area (Å²) < 4.78 is 36.5. The average molecular weight is 282 g/mol. The SMILES string of the molecule is CCNC(=O)[C@H]1CC(C)CCN1OC(=O)C(F)(F)F. The van der Waals surface area contributed by atoms with Gasteiger partial charge in [-0.15, -0.1) is 5.06 Å². The number of nitrogens with zero attached hydrogens (tertiary/aromatic N) is 1.